The number of benzene rings is 4. The number of hydrogen-bond donors (Lipinski definition) is 2. The van der Waals surface area contributed by atoms with Crippen molar-refractivity contribution in [2.24, 2.45) is 0 Å². The van der Waals surface area contributed by atoms with Crippen molar-refractivity contribution in [3.8, 4) is 0 Å². The van der Waals surface area contributed by atoms with E-state index in [1.807, 2.05) is 48.5 Å². The fraction of sp³-hybridized carbons (Fsp3) is 0.455. The van der Waals surface area contributed by atoms with Crippen molar-refractivity contribution in [3.05, 3.63) is 144 Å². The lowest BCUT2D eigenvalue weighted by molar-refractivity contribution is 0.0286. The van der Waals surface area contributed by atoms with Crippen LogP contribution in [0.1, 0.15) is 120 Å². The predicted molar refractivity (Wildman–Crippen MR) is 199 cm³/mol. The van der Waals surface area contributed by atoms with Crippen molar-refractivity contribution in [1.82, 2.24) is 5.32 Å². The number of ether oxygens (including phenoxy) is 1. The molecule has 0 saturated heterocycles. The van der Waals surface area contributed by atoms with E-state index in [9.17, 15) is 6.48 Å². The van der Waals surface area contributed by atoms with Gasteiger partial charge in [-0.1, -0.05) is 212 Å². The molecule has 0 aliphatic heterocycles. The second kappa shape index (κ2) is 21.6. The van der Waals surface area contributed by atoms with Gasteiger partial charge >= 0.3 is 0 Å². The normalized spacial score (nSPS) is 14.0. The van der Waals surface area contributed by atoms with Crippen LogP contribution >= 0.6 is 0 Å². The zero-order valence-corrected chi connectivity index (χ0v) is 28.8. The molecule has 2 N–H and O–H groups in total. The van der Waals surface area contributed by atoms with Gasteiger partial charge in [0.15, 0.2) is 0 Å². The van der Waals surface area contributed by atoms with Crippen LogP contribution in [-0.4, -0.2) is 23.8 Å². The highest BCUT2D eigenvalue weighted by atomic mass is 16.5. The molecule has 4 aromatic carbocycles. The molecule has 252 valence electrons. The lowest BCUT2D eigenvalue weighted by Gasteiger charge is -2.41. The number of unbranched alkanes of at least 4 members (excludes halogenated alkanes) is 12. The molecule has 0 radical (unpaired) electrons. The second-order valence-corrected chi connectivity index (χ2v) is 13.0. The molecule has 4 aromatic rings. The molecule has 0 aliphatic rings. The van der Waals surface area contributed by atoms with E-state index < -0.39 is 17.7 Å². The molecule has 0 spiro atoms. The van der Waals surface area contributed by atoms with E-state index in [2.05, 4.69) is 85.0 Å². The fourth-order valence-electron chi connectivity index (χ4n) is 6.66. The van der Waals surface area contributed by atoms with E-state index in [1.54, 1.807) is 0 Å². The van der Waals surface area contributed by atoms with Gasteiger partial charge in [0.1, 0.15) is 0 Å². The molecule has 4 rings (SSSR count). The summed E-state index contributed by atoms with van der Waals surface area (Å²) in [5.41, 5.74) is 3.41. The third kappa shape index (κ3) is 12.1. The molecule has 2 atom stereocenters. The molecular weight excluding hydrogens is 574 g/mol. The van der Waals surface area contributed by atoms with E-state index in [-0.39, 0.29) is 6.61 Å². The number of nitrogens with one attached hydrogen (secondary N) is 1. The summed E-state index contributed by atoms with van der Waals surface area (Å²) in [7, 11) is 0. The van der Waals surface area contributed by atoms with Crippen LogP contribution in [0.3, 0.4) is 0 Å². The first kappa shape index (κ1) is 35.1. The second-order valence-electron chi connectivity index (χ2n) is 13.0. The van der Waals surface area contributed by atoms with Crippen LogP contribution < -0.4 is 5.32 Å². The fourth-order valence-corrected chi connectivity index (χ4v) is 6.66. The smallest absolute Gasteiger partial charge is 0.0951 e. The Hall–Kier alpha value is -3.24. The molecule has 0 aliphatic carbocycles. The Kier molecular flexibility index (Phi) is 16.1. The van der Waals surface area contributed by atoms with Crippen LogP contribution in [0.5, 0.6) is 0 Å². The average molecular weight is 635 g/mol. The van der Waals surface area contributed by atoms with Gasteiger partial charge < -0.3 is 9.84 Å². The number of rotatable bonds is 24. The number of aliphatic hydroxyl groups is 1. The van der Waals surface area contributed by atoms with Gasteiger partial charge in [-0.2, -0.15) is 0 Å². The van der Waals surface area contributed by atoms with Gasteiger partial charge in [0.25, 0.3) is 0 Å². The SMILES string of the molecule is [2H][C@](O)(CCCCCCCCCCCCCCC)[C@H](COCc1ccccc1)NC(c1ccccc1)(c1ccccc1)c1ccccc1. The first-order valence-corrected chi connectivity index (χ1v) is 18.3. The van der Waals surface area contributed by atoms with Crippen LogP contribution in [-0.2, 0) is 16.9 Å². The topological polar surface area (TPSA) is 41.5 Å². The predicted octanol–water partition coefficient (Wildman–Crippen LogP) is 11.0. The molecule has 3 heteroatoms. The van der Waals surface area contributed by atoms with Gasteiger partial charge in [-0.05, 0) is 28.7 Å². The van der Waals surface area contributed by atoms with Gasteiger partial charge in [-0.3, -0.25) is 5.32 Å². The summed E-state index contributed by atoms with van der Waals surface area (Å²) in [5, 5.41) is 15.9. The monoisotopic (exact) mass is 634 g/mol. The van der Waals surface area contributed by atoms with E-state index >= 15 is 0 Å². The first-order chi connectivity index (χ1) is 23.6. The molecular formula is C44H59NO2. The van der Waals surface area contributed by atoms with Crippen molar-refractivity contribution in [1.29, 1.82) is 0 Å². The maximum atomic E-state index is 12.0. The maximum absolute atomic E-state index is 12.0. The Morgan fingerprint density at radius 1 is 0.574 bits per heavy atom. The third-order valence-electron chi connectivity index (χ3n) is 9.35. The van der Waals surface area contributed by atoms with Gasteiger partial charge in [-0.15, -0.1) is 0 Å². The minimum absolute atomic E-state index is 0.196. The van der Waals surface area contributed by atoms with Gasteiger partial charge in [0, 0.05) is 0 Å². The van der Waals surface area contributed by atoms with Crippen LogP contribution in [0.25, 0.3) is 0 Å². The zero-order valence-electron chi connectivity index (χ0n) is 29.8. The van der Waals surface area contributed by atoms with Crippen molar-refractivity contribution in [2.75, 3.05) is 6.61 Å². The average Bonchev–Trinajstić information content (AvgIpc) is 3.13. The Balaban J connectivity index is 1.46. The van der Waals surface area contributed by atoms with Crippen molar-refractivity contribution < 1.29 is 11.2 Å². The third-order valence-corrected chi connectivity index (χ3v) is 9.35. The minimum atomic E-state index is -1.74. The Labute approximate surface area is 287 Å². The Bertz CT molecular complexity index is 1270. The van der Waals surface area contributed by atoms with Crippen LogP contribution in [0.15, 0.2) is 121 Å². The molecule has 0 aromatic heterocycles. The van der Waals surface area contributed by atoms with Crippen LogP contribution in [0.2, 0.25) is 0 Å². The minimum Gasteiger partial charge on any atom is -0.391 e. The van der Waals surface area contributed by atoms with E-state index in [1.165, 1.54) is 64.2 Å². The summed E-state index contributed by atoms with van der Waals surface area (Å²) in [6.07, 6.45) is 15.0. The highest BCUT2D eigenvalue weighted by Gasteiger charge is 2.39. The largest absolute Gasteiger partial charge is 0.391 e. The molecule has 0 unspecified atom stereocenters. The quantitative estimate of drug-likeness (QED) is 0.0595. The summed E-state index contributed by atoms with van der Waals surface area (Å²) in [6.45, 7) is 2.89. The van der Waals surface area contributed by atoms with Gasteiger partial charge in [0.05, 0.1) is 32.2 Å². The van der Waals surface area contributed by atoms with Gasteiger partial charge in [-0.25, -0.2) is 0 Å². The van der Waals surface area contributed by atoms with Crippen LogP contribution in [0, 0.1) is 0 Å². The lowest BCUT2D eigenvalue weighted by Crippen LogP contribution is -2.55. The Morgan fingerprint density at radius 3 is 1.38 bits per heavy atom. The number of hydrogen-bond acceptors (Lipinski definition) is 3. The molecule has 3 nitrogen and oxygen atoms in total. The van der Waals surface area contributed by atoms with Crippen molar-refractivity contribution in [3.63, 3.8) is 0 Å². The molecule has 0 saturated carbocycles. The summed E-state index contributed by atoms with van der Waals surface area (Å²) in [5.74, 6) is 0. The molecule has 0 heterocycles. The molecule has 0 fully saturated rings. The maximum Gasteiger partial charge on any atom is 0.0951 e. The standard InChI is InChI=1S/C44H59NO2/c1-2-3-4-5-6-7-8-9-10-11-12-13-26-35-43(46)42(37-47-36-38-27-18-14-19-28-38)45-44(39-29-20-15-21-30-39,40-31-22-16-23-32-40)41-33-24-17-25-34-41/h14-25,27-34,42-43,45-46H,2-13,26,35-37H2,1H3/t42-,43-/m0/s1/i43D. The van der Waals surface area contributed by atoms with Crippen molar-refractivity contribution >= 4 is 0 Å². The summed E-state index contributed by atoms with van der Waals surface area (Å²) >= 11 is 0. The van der Waals surface area contributed by atoms with Gasteiger partial charge in [0.2, 0.25) is 0 Å². The van der Waals surface area contributed by atoms with Crippen molar-refractivity contribution in [2.45, 2.75) is 121 Å². The molecule has 0 amide bonds. The van der Waals surface area contributed by atoms with Crippen LogP contribution in [0.4, 0.5) is 0 Å². The lowest BCUT2D eigenvalue weighted by atomic mass is 9.76. The molecule has 47 heavy (non-hydrogen) atoms. The van der Waals surface area contributed by atoms with E-state index in [0.29, 0.717) is 13.0 Å². The highest BCUT2D eigenvalue weighted by molar-refractivity contribution is 5.49. The molecule has 0 bridgehead atoms. The Morgan fingerprint density at radius 2 is 0.957 bits per heavy atom. The van der Waals surface area contributed by atoms with E-state index in [4.69, 9.17) is 4.74 Å². The summed E-state index contributed by atoms with van der Waals surface area (Å²) in [6, 6.07) is 40.6. The first-order valence-electron chi connectivity index (χ1n) is 18.8. The summed E-state index contributed by atoms with van der Waals surface area (Å²) < 4.78 is 15.7. The van der Waals surface area contributed by atoms with E-state index in [0.717, 1.165) is 41.5 Å². The highest BCUT2D eigenvalue weighted by Crippen LogP contribution is 2.37. The summed E-state index contributed by atoms with van der Waals surface area (Å²) in [4.78, 5) is 0. The zero-order chi connectivity index (χ0) is 33.8.